The van der Waals surface area contributed by atoms with E-state index in [2.05, 4.69) is 4.98 Å². The van der Waals surface area contributed by atoms with Gasteiger partial charge in [0.2, 0.25) is 5.43 Å². The molecule has 0 aliphatic heterocycles. The van der Waals surface area contributed by atoms with E-state index in [0.717, 1.165) is 11.8 Å². The van der Waals surface area contributed by atoms with Crippen molar-refractivity contribution in [2.75, 3.05) is 12.4 Å². The van der Waals surface area contributed by atoms with Crippen LogP contribution in [0.5, 0.6) is 0 Å². The lowest BCUT2D eigenvalue weighted by Gasteiger charge is -2.18. The fraction of sp³-hybridized carbons (Fsp3) is 0.389. The molecule has 2 atom stereocenters. The zero-order chi connectivity index (χ0) is 19.3. The molecule has 140 valence electrons. The molecule has 0 spiro atoms. The summed E-state index contributed by atoms with van der Waals surface area (Å²) in [6.07, 6.45) is -0.765. The number of carbonyl (C=O) groups excluding carboxylic acids is 2. The van der Waals surface area contributed by atoms with Gasteiger partial charge in [-0.05, 0) is 31.0 Å². The monoisotopic (exact) mass is 379 g/mol. The molecule has 0 amide bonds. The van der Waals surface area contributed by atoms with Gasteiger partial charge >= 0.3 is 5.97 Å². The van der Waals surface area contributed by atoms with Crippen LogP contribution in [-0.2, 0) is 9.53 Å². The van der Waals surface area contributed by atoms with Crippen molar-refractivity contribution < 1.29 is 24.5 Å². The first kappa shape index (κ1) is 20.2. The minimum atomic E-state index is -1.21. The van der Waals surface area contributed by atoms with Crippen molar-refractivity contribution >= 4 is 33.7 Å². The van der Waals surface area contributed by atoms with Gasteiger partial charge in [-0.25, -0.2) is 4.79 Å². The summed E-state index contributed by atoms with van der Waals surface area (Å²) >= 11 is 1.07. The fourth-order valence-corrected chi connectivity index (χ4v) is 3.13. The molecule has 8 heteroatoms. The van der Waals surface area contributed by atoms with E-state index in [1.165, 1.54) is 19.2 Å². The highest BCUT2D eigenvalue weighted by atomic mass is 32.2. The van der Waals surface area contributed by atoms with Gasteiger partial charge in [-0.2, -0.15) is 0 Å². The van der Waals surface area contributed by atoms with Gasteiger partial charge in [-0.1, -0.05) is 17.8 Å². The highest BCUT2D eigenvalue weighted by Gasteiger charge is 2.20. The molecule has 1 aromatic carbocycles. The van der Waals surface area contributed by atoms with Gasteiger partial charge < -0.3 is 19.9 Å². The summed E-state index contributed by atoms with van der Waals surface area (Å²) in [7, 11) is 0. The van der Waals surface area contributed by atoms with Gasteiger partial charge in [0.15, 0.2) is 5.12 Å². The van der Waals surface area contributed by atoms with Gasteiger partial charge in [0.25, 0.3) is 0 Å². The van der Waals surface area contributed by atoms with Crippen molar-refractivity contribution in [2.24, 2.45) is 0 Å². The summed E-state index contributed by atoms with van der Waals surface area (Å²) in [6.45, 7) is 3.23. The number of aliphatic hydroxyl groups is 2. The van der Waals surface area contributed by atoms with Crippen LogP contribution in [0.3, 0.4) is 0 Å². The maximum atomic E-state index is 12.5. The van der Waals surface area contributed by atoms with Crippen LogP contribution < -0.4 is 5.43 Å². The Morgan fingerprint density at radius 2 is 2.04 bits per heavy atom. The fourth-order valence-electron chi connectivity index (χ4n) is 2.48. The maximum Gasteiger partial charge on any atom is 0.343 e. The van der Waals surface area contributed by atoms with E-state index in [1.807, 2.05) is 0 Å². The summed E-state index contributed by atoms with van der Waals surface area (Å²) in [5.74, 6) is -0.336. The lowest BCUT2D eigenvalue weighted by atomic mass is 10.00. The number of aliphatic hydroxyl groups excluding tert-OH is 2. The predicted molar refractivity (Wildman–Crippen MR) is 99.2 cm³/mol. The number of fused-ring (bicyclic) bond motifs is 1. The molecule has 1 heterocycles. The predicted octanol–water partition coefficient (Wildman–Crippen LogP) is 1.77. The number of carbonyl (C=O) groups is 2. The molecule has 1 aromatic heterocycles. The third-order valence-electron chi connectivity index (χ3n) is 3.83. The first-order chi connectivity index (χ1) is 12.3. The Bertz CT molecular complexity index is 862. The van der Waals surface area contributed by atoms with E-state index in [-0.39, 0.29) is 29.1 Å². The largest absolute Gasteiger partial charge is 0.462 e. The van der Waals surface area contributed by atoms with Gasteiger partial charge in [-0.3, -0.25) is 9.59 Å². The molecular formula is C18H21NO6S. The van der Waals surface area contributed by atoms with Crippen LogP contribution in [0, 0.1) is 0 Å². The molecule has 7 nitrogen and oxygen atoms in total. The molecule has 3 N–H and O–H groups in total. The Kier molecular flexibility index (Phi) is 6.96. The number of rotatable bonds is 7. The van der Waals surface area contributed by atoms with Crippen LogP contribution in [0.25, 0.3) is 10.9 Å². The molecular weight excluding hydrogens is 358 g/mol. The molecule has 0 saturated carbocycles. The molecule has 26 heavy (non-hydrogen) atoms. The second-order valence-electron chi connectivity index (χ2n) is 5.70. The number of nitrogens with one attached hydrogen (secondary N) is 1. The molecule has 2 unspecified atom stereocenters. The summed E-state index contributed by atoms with van der Waals surface area (Å²) in [5, 5.41) is 20.6. The number of benzene rings is 1. The van der Waals surface area contributed by atoms with E-state index in [1.54, 1.807) is 19.1 Å². The van der Waals surface area contributed by atoms with Gasteiger partial charge in [0.05, 0.1) is 12.7 Å². The number of hydrogen-bond donors (Lipinski definition) is 3. The summed E-state index contributed by atoms with van der Waals surface area (Å²) in [5.41, 5.74) is 0.224. The highest BCUT2D eigenvalue weighted by Crippen LogP contribution is 2.23. The minimum Gasteiger partial charge on any atom is -0.462 e. The first-order valence-electron chi connectivity index (χ1n) is 8.17. The lowest BCUT2D eigenvalue weighted by Crippen LogP contribution is -2.21. The van der Waals surface area contributed by atoms with Gasteiger partial charge in [0.1, 0.15) is 11.7 Å². The number of esters is 1. The quantitative estimate of drug-likeness (QED) is 0.628. The maximum absolute atomic E-state index is 12.5. The Labute approximate surface area is 154 Å². The highest BCUT2D eigenvalue weighted by molar-refractivity contribution is 8.13. The second kappa shape index (κ2) is 8.98. The van der Waals surface area contributed by atoms with Crippen molar-refractivity contribution in [1.82, 2.24) is 4.98 Å². The molecule has 0 aliphatic rings. The normalized spacial score (nSPS) is 13.4. The Morgan fingerprint density at radius 1 is 1.31 bits per heavy atom. The summed E-state index contributed by atoms with van der Waals surface area (Å²) < 4.78 is 4.86. The van der Waals surface area contributed by atoms with Crippen molar-refractivity contribution in [3.63, 3.8) is 0 Å². The van der Waals surface area contributed by atoms with Crippen molar-refractivity contribution in [3.05, 3.63) is 45.7 Å². The zero-order valence-corrected chi connectivity index (χ0v) is 15.3. The SMILES string of the molecule is CCOC(=O)c1c[nH]c2ccc(C(O)C(O)CCSC(C)=O)cc2c1=O. The van der Waals surface area contributed by atoms with Crippen molar-refractivity contribution in [1.29, 1.82) is 0 Å². The average Bonchev–Trinajstić information content (AvgIpc) is 2.61. The number of ether oxygens (including phenoxy) is 1. The molecule has 0 aliphatic carbocycles. The van der Waals surface area contributed by atoms with Crippen molar-refractivity contribution in [2.45, 2.75) is 32.5 Å². The third-order valence-corrected chi connectivity index (χ3v) is 4.67. The third kappa shape index (κ3) is 4.72. The molecule has 0 fully saturated rings. The number of aromatic nitrogens is 1. The minimum absolute atomic E-state index is 0.0598. The van der Waals surface area contributed by atoms with E-state index in [9.17, 15) is 24.6 Å². The van der Waals surface area contributed by atoms with Crippen molar-refractivity contribution in [3.8, 4) is 0 Å². The number of H-pyrrole nitrogens is 1. The average molecular weight is 379 g/mol. The molecule has 2 aromatic rings. The number of thioether (sulfide) groups is 1. The number of aromatic amines is 1. The van der Waals surface area contributed by atoms with E-state index in [4.69, 9.17) is 4.74 Å². The van der Waals surface area contributed by atoms with Crippen LogP contribution in [0.1, 0.15) is 42.3 Å². The number of hydrogen-bond acceptors (Lipinski definition) is 7. The van der Waals surface area contributed by atoms with E-state index >= 15 is 0 Å². The lowest BCUT2D eigenvalue weighted by molar-refractivity contribution is -0.109. The van der Waals surface area contributed by atoms with Gasteiger partial charge in [0, 0.05) is 29.8 Å². The zero-order valence-electron chi connectivity index (χ0n) is 14.5. The van der Waals surface area contributed by atoms with Gasteiger partial charge in [-0.15, -0.1) is 0 Å². The van der Waals surface area contributed by atoms with Crippen LogP contribution >= 0.6 is 11.8 Å². The Balaban J connectivity index is 2.29. The van der Waals surface area contributed by atoms with E-state index < -0.39 is 23.6 Å². The first-order valence-corrected chi connectivity index (χ1v) is 9.15. The summed E-state index contributed by atoms with van der Waals surface area (Å²) in [4.78, 5) is 38.2. The molecule has 0 radical (unpaired) electrons. The van der Waals surface area contributed by atoms with E-state index in [0.29, 0.717) is 16.8 Å². The summed E-state index contributed by atoms with van der Waals surface area (Å²) in [6, 6.07) is 4.64. The number of pyridine rings is 1. The molecule has 2 rings (SSSR count). The Morgan fingerprint density at radius 3 is 2.69 bits per heavy atom. The topological polar surface area (TPSA) is 117 Å². The van der Waals surface area contributed by atoms with Crippen LogP contribution in [0.2, 0.25) is 0 Å². The molecule has 0 saturated heterocycles. The standard InChI is InChI=1S/C18H21NO6S/c1-3-25-18(24)13-9-19-14-5-4-11(8-12(14)17(13)23)16(22)15(21)6-7-26-10(2)20/h4-5,8-9,15-16,21-22H,3,6-7H2,1-2H3,(H,19,23). The molecule has 0 bridgehead atoms. The van der Waals surface area contributed by atoms with Crippen LogP contribution in [0.4, 0.5) is 0 Å². The second-order valence-corrected chi connectivity index (χ2v) is 6.97. The smallest absolute Gasteiger partial charge is 0.343 e. The Hall–Kier alpha value is -2.16. The van der Waals surface area contributed by atoms with Crippen LogP contribution in [0.15, 0.2) is 29.2 Å². The van der Waals surface area contributed by atoms with Crippen LogP contribution in [-0.4, -0.2) is 44.7 Å².